The molecule has 0 aromatic rings. The lowest BCUT2D eigenvalue weighted by molar-refractivity contribution is -0.129. The monoisotopic (exact) mass is 160 g/mol. The molecule has 2 N–H and O–H groups in total. The Morgan fingerprint density at radius 2 is 2.09 bits per heavy atom. The molecule has 0 aliphatic carbocycles. The van der Waals surface area contributed by atoms with Crippen LogP contribution in [0, 0.1) is 0 Å². The van der Waals surface area contributed by atoms with Crippen molar-refractivity contribution in [1.29, 1.82) is 0 Å². The molecule has 4 nitrogen and oxygen atoms in total. The van der Waals surface area contributed by atoms with Gasteiger partial charge in [-0.3, -0.25) is 4.79 Å². The molecule has 0 radical (unpaired) electrons. The maximum Gasteiger partial charge on any atom is 0.224 e. The summed E-state index contributed by atoms with van der Waals surface area (Å²) in [5.74, 6) is 0.0852. The number of hydrogen-bond acceptors (Lipinski definition) is 3. The summed E-state index contributed by atoms with van der Waals surface area (Å²) in [4.78, 5) is 12.5. The van der Waals surface area contributed by atoms with Gasteiger partial charge in [-0.2, -0.15) is 0 Å². The fourth-order valence-corrected chi connectivity index (χ4v) is 0.568. The number of amides is 1. The van der Waals surface area contributed by atoms with Crippen molar-refractivity contribution in [3.8, 4) is 0 Å². The van der Waals surface area contributed by atoms with Gasteiger partial charge in [0.05, 0.1) is 19.6 Å². The van der Waals surface area contributed by atoms with Gasteiger partial charge in [0.15, 0.2) is 0 Å². The van der Waals surface area contributed by atoms with Gasteiger partial charge in [0, 0.05) is 20.6 Å². The topological polar surface area (TPSA) is 55.6 Å². The lowest BCUT2D eigenvalue weighted by Gasteiger charge is -2.09. The lowest BCUT2D eigenvalue weighted by atomic mass is 10.4. The highest BCUT2D eigenvalue weighted by Crippen LogP contribution is 1.87. The second-order valence-corrected chi connectivity index (χ2v) is 2.44. The fourth-order valence-electron chi connectivity index (χ4n) is 0.568. The van der Waals surface area contributed by atoms with Crippen LogP contribution in [0.1, 0.15) is 6.42 Å². The van der Waals surface area contributed by atoms with Crippen LogP contribution in [0.2, 0.25) is 0 Å². The molecule has 0 fully saturated rings. The minimum Gasteiger partial charge on any atom is -0.380 e. The predicted molar refractivity (Wildman–Crippen MR) is 43.2 cm³/mol. The number of carbonyl (C=O) groups excluding carboxylic acids is 1. The third-order valence-corrected chi connectivity index (χ3v) is 1.22. The van der Waals surface area contributed by atoms with Crippen molar-refractivity contribution in [2.45, 2.75) is 6.42 Å². The smallest absolute Gasteiger partial charge is 0.224 e. The number of hydrogen-bond donors (Lipinski definition) is 1. The van der Waals surface area contributed by atoms with Crippen LogP contribution < -0.4 is 5.73 Å². The zero-order chi connectivity index (χ0) is 8.69. The quantitative estimate of drug-likeness (QED) is 0.548. The molecule has 1 amide bonds. The van der Waals surface area contributed by atoms with E-state index in [2.05, 4.69) is 0 Å². The molecule has 4 heteroatoms. The fraction of sp³-hybridized carbons (Fsp3) is 0.857. The Labute approximate surface area is 67.3 Å². The highest BCUT2D eigenvalue weighted by atomic mass is 16.5. The van der Waals surface area contributed by atoms with Gasteiger partial charge >= 0.3 is 0 Å². The van der Waals surface area contributed by atoms with Crippen molar-refractivity contribution in [3.63, 3.8) is 0 Å². The number of nitrogens with zero attached hydrogens (tertiary/aromatic N) is 1. The highest BCUT2D eigenvalue weighted by Gasteiger charge is 2.01. The van der Waals surface area contributed by atoms with Gasteiger partial charge in [0.2, 0.25) is 5.91 Å². The second kappa shape index (κ2) is 6.12. The van der Waals surface area contributed by atoms with Crippen LogP contribution in [0.4, 0.5) is 0 Å². The Morgan fingerprint density at radius 3 is 2.55 bits per heavy atom. The van der Waals surface area contributed by atoms with Crippen molar-refractivity contribution in [1.82, 2.24) is 4.90 Å². The van der Waals surface area contributed by atoms with Crippen molar-refractivity contribution < 1.29 is 9.53 Å². The molecule has 0 rings (SSSR count). The average Bonchev–Trinajstić information content (AvgIpc) is 1.97. The Morgan fingerprint density at radius 1 is 1.45 bits per heavy atom. The normalized spacial score (nSPS) is 9.73. The molecular weight excluding hydrogens is 144 g/mol. The summed E-state index contributed by atoms with van der Waals surface area (Å²) in [6, 6.07) is 0. The maximum atomic E-state index is 10.9. The number of ether oxygens (including phenoxy) is 1. The first kappa shape index (κ1) is 10.4. The second-order valence-electron chi connectivity index (χ2n) is 2.44. The first-order valence-corrected chi connectivity index (χ1v) is 3.66. The Hall–Kier alpha value is -0.610. The highest BCUT2D eigenvalue weighted by molar-refractivity contribution is 5.75. The minimum absolute atomic E-state index is 0.0852. The Balaban J connectivity index is 3.18. The molecule has 0 aromatic carbocycles. The zero-order valence-electron chi connectivity index (χ0n) is 7.17. The Bertz CT molecular complexity index is 115. The predicted octanol–water partition coefficient (Wildman–Crippen LogP) is -0.560. The summed E-state index contributed by atoms with van der Waals surface area (Å²) >= 11 is 0. The summed E-state index contributed by atoms with van der Waals surface area (Å²) in [6.07, 6.45) is 0.438. The molecule has 0 bridgehead atoms. The average molecular weight is 160 g/mol. The summed E-state index contributed by atoms with van der Waals surface area (Å²) in [5.41, 5.74) is 5.18. The van der Waals surface area contributed by atoms with E-state index in [1.165, 1.54) is 0 Å². The molecule has 66 valence electrons. The molecule has 0 saturated heterocycles. The van der Waals surface area contributed by atoms with Crippen molar-refractivity contribution >= 4 is 5.91 Å². The molecule has 0 heterocycles. The van der Waals surface area contributed by atoms with E-state index in [1.807, 2.05) is 0 Å². The van der Waals surface area contributed by atoms with Gasteiger partial charge in [-0.05, 0) is 0 Å². The SMILES string of the molecule is CN(C)C(=O)CCOCCN. The molecule has 0 saturated carbocycles. The maximum absolute atomic E-state index is 10.9. The van der Waals surface area contributed by atoms with Gasteiger partial charge in [0.25, 0.3) is 0 Å². The molecule has 0 spiro atoms. The van der Waals surface area contributed by atoms with Gasteiger partial charge in [-0.25, -0.2) is 0 Å². The molecule has 0 atom stereocenters. The van der Waals surface area contributed by atoms with Gasteiger partial charge < -0.3 is 15.4 Å². The minimum atomic E-state index is 0.0852. The largest absolute Gasteiger partial charge is 0.380 e. The van der Waals surface area contributed by atoms with Crippen molar-refractivity contribution in [2.24, 2.45) is 5.73 Å². The summed E-state index contributed by atoms with van der Waals surface area (Å²) in [5, 5.41) is 0. The van der Waals surface area contributed by atoms with Gasteiger partial charge in [0.1, 0.15) is 0 Å². The van der Waals surface area contributed by atoms with Crippen LogP contribution in [-0.2, 0) is 9.53 Å². The van der Waals surface area contributed by atoms with Crippen LogP contribution in [0.3, 0.4) is 0 Å². The standard InChI is InChI=1S/C7H16N2O2/c1-9(2)7(10)3-5-11-6-4-8/h3-6,8H2,1-2H3. The van der Waals surface area contributed by atoms with Gasteiger partial charge in [-0.15, -0.1) is 0 Å². The third-order valence-electron chi connectivity index (χ3n) is 1.22. The van der Waals surface area contributed by atoms with E-state index in [0.29, 0.717) is 26.2 Å². The molecule has 0 aliphatic rings. The van der Waals surface area contributed by atoms with Gasteiger partial charge in [-0.1, -0.05) is 0 Å². The van der Waals surface area contributed by atoms with E-state index in [1.54, 1.807) is 19.0 Å². The molecule has 11 heavy (non-hydrogen) atoms. The van der Waals surface area contributed by atoms with E-state index in [-0.39, 0.29) is 5.91 Å². The summed E-state index contributed by atoms with van der Waals surface area (Å²) in [7, 11) is 3.45. The van der Waals surface area contributed by atoms with Crippen LogP contribution in [0.25, 0.3) is 0 Å². The number of rotatable bonds is 5. The van der Waals surface area contributed by atoms with E-state index >= 15 is 0 Å². The van der Waals surface area contributed by atoms with E-state index < -0.39 is 0 Å². The van der Waals surface area contributed by atoms with Crippen molar-refractivity contribution in [2.75, 3.05) is 33.9 Å². The van der Waals surface area contributed by atoms with Crippen molar-refractivity contribution in [3.05, 3.63) is 0 Å². The van der Waals surface area contributed by atoms with Crippen LogP contribution in [-0.4, -0.2) is 44.7 Å². The number of nitrogens with two attached hydrogens (primary N) is 1. The van der Waals surface area contributed by atoms with E-state index in [9.17, 15) is 4.79 Å². The molecular formula is C7H16N2O2. The number of carbonyl (C=O) groups is 1. The summed E-state index contributed by atoms with van der Waals surface area (Å²) < 4.78 is 5.03. The van der Waals surface area contributed by atoms with E-state index in [0.717, 1.165) is 0 Å². The van der Waals surface area contributed by atoms with Crippen LogP contribution in [0.15, 0.2) is 0 Å². The lowest BCUT2D eigenvalue weighted by Crippen LogP contribution is -2.23. The van der Waals surface area contributed by atoms with E-state index in [4.69, 9.17) is 10.5 Å². The zero-order valence-corrected chi connectivity index (χ0v) is 7.17. The molecule has 0 unspecified atom stereocenters. The molecule has 0 aliphatic heterocycles. The third kappa shape index (κ3) is 5.82. The van der Waals surface area contributed by atoms with Crippen LogP contribution in [0.5, 0.6) is 0 Å². The Kier molecular flexibility index (Phi) is 5.78. The van der Waals surface area contributed by atoms with Crippen LogP contribution >= 0.6 is 0 Å². The molecule has 0 aromatic heterocycles. The first-order chi connectivity index (χ1) is 5.18. The summed E-state index contributed by atoms with van der Waals surface area (Å²) in [6.45, 7) is 1.51. The first-order valence-electron chi connectivity index (χ1n) is 3.66.